The minimum Gasteiger partial charge on any atom is -0.493 e. The number of nitrogens with zero attached hydrogens (tertiary/aromatic N) is 3. The number of methoxy groups -OCH3 is 1. The average molecular weight is 382 g/mol. The highest BCUT2D eigenvalue weighted by molar-refractivity contribution is 7.71. The standard InChI is InChI=1S/C20H22N4O2S/c1-4-19-22-23-20(27)24(19)21-12-16-9-10-17(25-3)18(11-16)26-13-15-7-5-14(2)6-8-15/h5-12H,4,13H2,1-3H3,(H,23,27)/b21-12-. The molecule has 0 radical (unpaired) electrons. The van der Waals surface area contributed by atoms with E-state index < -0.39 is 0 Å². The van der Waals surface area contributed by atoms with Crippen molar-refractivity contribution in [2.24, 2.45) is 5.10 Å². The first-order chi connectivity index (χ1) is 13.1. The van der Waals surface area contributed by atoms with Crippen LogP contribution in [0.3, 0.4) is 0 Å². The second kappa shape index (κ2) is 8.64. The van der Waals surface area contributed by atoms with Gasteiger partial charge in [-0.3, -0.25) is 5.10 Å². The van der Waals surface area contributed by atoms with Gasteiger partial charge in [0.25, 0.3) is 0 Å². The third-order valence-corrected chi connectivity index (χ3v) is 4.32. The lowest BCUT2D eigenvalue weighted by Gasteiger charge is -2.11. The normalized spacial score (nSPS) is 11.1. The maximum absolute atomic E-state index is 5.97. The van der Waals surface area contributed by atoms with Crippen LogP contribution in [0.5, 0.6) is 11.5 Å². The smallest absolute Gasteiger partial charge is 0.216 e. The number of benzene rings is 2. The van der Waals surface area contributed by atoms with Crippen molar-refractivity contribution >= 4 is 18.4 Å². The molecule has 3 aromatic rings. The SMILES string of the molecule is CCc1n[nH]c(=S)n1/N=C\c1ccc(OC)c(OCc2ccc(C)cc2)c1. The lowest BCUT2D eigenvalue weighted by atomic mass is 10.1. The van der Waals surface area contributed by atoms with Gasteiger partial charge in [-0.15, -0.1) is 0 Å². The van der Waals surface area contributed by atoms with E-state index in [2.05, 4.69) is 46.5 Å². The van der Waals surface area contributed by atoms with Crippen molar-refractivity contribution in [3.8, 4) is 11.5 Å². The molecule has 0 bridgehead atoms. The van der Waals surface area contributed by atoms with Crippen LogP contribution < -0.4 is 9.47 Å². The first-order valence-corrected chi connectivity index (χ1v) is 9.08. The summed E-state index contributed by atoms with van der Waals surface area (Å²) in [5.41, 5.74) is 3.19. The predicted octanol–water partition coefficient (Wildman–Crippen LogP) is 4.28. The van der Waals surface area contributed by atoms with Gasteiger partial charge in [-0.2, -0.15) is 14.9 Å². The van der Waals surface area contributed by atoms with Gasteiger partial charge in [0, 0.05) is 6.42 Å². The fraction of sp³-hybridized carbons (Fsp3) is 0.250. The molecule has 0 aliphatic heterocycles. The molecular formula is C20H22N4O2S. The van der Waals surface area contributed by atoms with Crippen LogP contribution in [0.1, 0.15) is 29.4 Å². The van der Waals surface area contributed by atoms with Gasteiger partial charge in [-0.1, -0.05) is 36.8 Å². The van der Waals surface area contributed by atoms with Crippen LogP contribution in [0.4, 0.5) is 0 Å². The van der Waals surface area contributed by atoms with Gasteiger partial charge in [0.15, 0.2) is 17.3 Å². The van der Waals surface area contributed by atoms with E-state index in [9.17, 15) is 0 Å². The average Bonchev–Trinajstić information content (AvgIpc) is 3.05. The van der Waals surface area contributed by atoms with Crippen LogP contribution in [0.25, 0.3) is 0 Å². The molecule has 0 unspecified atom stereocenters. The Labute approximate surface area is 163 Å². The fourth-order valence-corrected chi connectivity index (χ4v) is 2.73. The summed E-state index contributed by atoms with van der Waals surface area (Å²) in [7, 11) is 1.63. The van der Waals surface area contributed by atoms with Gasteiger partial charge in [0.1, 0.15) is 6.61 Å². The fourth-order valence-electron chi connectivity index (χ4n) is 2.53. The minimum atomic E-state index is 0.462. The predicted molar refractivity (Wildman–Crippen MR) is 108 cm³/mol. The molecule has 0 saturated carbocycles. The summed E-state index contributed by atoms with van der Waals surface area (Å²) in [6.45, 7) is 4.53. The molecule has 3 rings (SSSR count). The molecule has 1 N–H and O–H groups in total. The minimum absolute atomic E-state index is 0.462. The summed E-state index contributed by atoms with van der Waals surface area (Å²) >= 11 is 5.21. The second-order valence-corrected chi connectivity index (χ2v) is 6.43. The molecule has 2 aromatic carbocycles. The van der Waals surface area contributed by atoms with Gasteiger partial charge in [0.05, 0.1) is 13.3 Å². The molecule has 1 heterocycles. The zero-order chi connectivity index (χ0) is 19.2. The van der Waals surface area contributed by atoms with E-state index in [0.717, 1.165) is 23.4 Å². The Morgan fingerprint density at radius 3 is 2.67 bits per heavy atom. The molecular weight excluding hydrogens is 360 g/mol. The molecule has 0 fully saturated rings. The Morgan fingerprint density at radius 1 is 1.19 bits per heavy atom. The van der Waals surface area contributed by atoms with Gasteiger partial charge in [0.2, 0.25) is 4.77 Å². The van der Waals surface area contributed by atoms with Crippen molar-refractivity contribution in [3.63, 3.8) is 0 Å². The molecule has 1 aromatic heterocycles. The third-order valence-electron chi connectivity index (χ3n) is 4.06. The lowest BCUT2D eigenvalue weighted by molar-refractivity contribution is 0.284. The number of ether oxygens (including phenoxy) is 2. The van der Waals surface area contributed by atoms with Gasteiger partial charge >= 0.3 is 0 Å². The number of aromatic amines is 1. The number of aromatic nitrogens is 3. The van der Waals surface area contributed by atoms with E-state index >= 15 is 0 Å². The molecule has 27 heavy (non-hydrogen) atoms. The van der Waals surface area contributed by atoms with E-state index in [1.807, 2.05) is 25.1 Å². The summed E-state index contributed by atoms with van der Waals surface area (Å²) in [6, 6.07) is 13.9. The van der Waals surface area contributed by atoms with E-state index in [1.165, 1.54) is 5.56 Å². The van der Waals surface area contributed by atoms with Crippen molar-refractivity contribution in [3.05, 3.63) is 69.8 Å². The third kappa shape index (κ3) is 4.62. The molecule has 0 aliphatic carbocycles. The zero-order valence-corrected chi connectivity index (χ0v) is 16.4. The molecule has 140 valence electrons. The number of nitrogens with one attached hydrogen (secondary N) is 1. The maximum Gasteiger partial charge on any atom is 0.216 e. The second-order valence-electron chi connectivity index (χ2n) is 6.04. The Bertz CT molecular complexity index is 990. The van der Waals surface area contributed by atoms with Crippen LogP contribution in [0.15, 0.2) is 47.6 Å². The van der Waals surface area contributed by atoms with Crippen molar-refractivity contribution in [1.29, 1.82) is 0 Å². The first kappa shape index (κ1) is 18.8. The zero-order valence-electron chi connectivity index (χ0n) is 15.6. The van der Waals surface area contributed by atoms with E-state index in [-0.39, 0.29) is 0 Å². The molecule has 0 spiro atoms. The summed E-state index contributed by atoms with van der Waals surface area (Å²) < 4.78 is 13.5. The topological polar surface area (TPSA) is 64.4 Å². The molecule has 7 heteroatoms. The van der Waals surface area contributed by atoms with Crippen LogP contribution in [0.2, 0.25) is 0 Å². The Morgan fingerprint density at radius 2 is 1.96 bits per heavy atom. The highest BCUT2D eigenvalue weighted by Crippen LogP contribution is 2.28. The highest BCUT2D eigenvalue weighted by Gasteiger charge is 2.07. The van der Waals surface area contributed by atoms with E-state index in [4.69, 9.17) is 21.7 Å². The number of hydrogen-bond acceptors (Lipinski definition) is 5. The molecule has 0 saturated heterocycles. The van der Waals surface area contributed by atoms with Gasteiger partial charge in [-0.05, 0) is 48.5 Å². The van der Waals surface area contributed by atoms with Crippen LogP contribution in [-0.2, 0) is 13.0 Å². The molecule has 0 amide bonds. The number of aryl methyl sites for hydroxylation is 2. The monoisotopic (exact) mass is 382 g/mol. The number of H-pyrrole nitrogens is 1. The molecule has 6 nitrogen and oxygen atoms in total. The van der Waals surface area contributed by atoms with E-state index in [1.54, 1.807) is 18.0 Å². The largest absolute Gasteiger partial charge is 0.493 e. The van der Waals surface area contributed by atoms with Crippen molar-refractivity contribution in [1.82, 2.24) is 14.9 Å². The Balaban J connectivity index is 1.80. The van der Waals surface area contributed by atoms with Crippen LogP contribution in [0, 0.1) is 11.7 Å². The summed E-state index contributed by atoms with van der Waals surface area (Å²) in [5.74, 6) is 2.11. The van der Waals surface area contributed by atoms with Gasteiger partial charge < -0.3 is 9.47 Å². The molecule has 0 atom stereocenters. The number of rotatable bonds is 7. The summed E-state index contributed by atoms with van der Waals surface area (Å²) in [4.78, 5) is 0. The Kier molecular flexibility index (Phi) is 6.03. The maximum atomic E-state index is 5.97. The summed E-state index contributed by atoms with van der Waals surface area (Å²) in [5, 5.41) is 11.3. The van der Waals surface area contributed by atoms with Crippen molar-refractivity contribution in [2.75, 3.05) is 7.11 Å². The van der Waals surface area contributed by atoms with Crippen molar-refractivity contribution in [2.45, 2.75) is 26.9 Å². The highest BCUT2D eigenvalue weighted by atomic mass is 32.1. The Hall–Kier alpha value is -2.93. The number of hydrogen-bond donors (Lipinski definition) is 1. The van der Waals surface area contributed by atoms with Crippen LogP contribution >= 0.6 is 12.2 Å². The first-order valence-electron chi connectivity index (χ1n) is 8.67. The van der Waals surface area contributed by atoms with E-state index in [0.29, 0.717) is 22.9 Å². The quantitative estimate of drug-likeness (QED) is 0.489. The molecule has 0 aliphatic rings. The lowest BCUT2D eigenvalue weighted by Crippen LogP contribution is -2.00. The van der Waals surface area contributed by atoms with Crippen LogP contribution in [-0.4, -0.2) is 28.2 Å². The van der Waals surface area contributed by atoms with Crippen molar-refractivity contribution < 1.29 is 9.47 Å². The summed E-state index contributed by atoms with van der Waals surface area (Å²) in [6.07, 6.45) is 2.46. The van der Waals surface area contributed by atoms with Gasteiger partial charge in [-0.25, -0.2) is 0 Å².